The SMILES string of the molecule is O=C(NCC(F)(F)F)c1ccc2cncc(-c3ccccc3F)c2n1. The Morgan fingerprint density at radius 1 is 1.04 bits per heavy atom. The van der Waals surface area contributed by atoms with E-state index in [0.29, 0.717) is 10.9 Å². The van der Waals surface area contributed by atoms with Crippen LogP contribution in [0.3, 0.4) is 0 Å². The van der Waals surface area contributed by atoms with Crippen molar-refractivity contribution < 1.29 is 22.4 Å². The van der Waals surface area contributed by atoms with Gasteiger partial charge in [-0.3, -0.25) is 9.78 Å². The Labute approximate surface area is 139 Å². The fourth-order valence-corrected chi connectivity index (χ4v) is 2.32. The van der Waals surface area contributed by atoms with Gasteiger partial charge in [-0.25, -0.2) is 9.37 Å². The van der Waals surface area contributed by atoms with Crippen LogP contribution in [0.2, 0.25) is 0 Å². The predicted octanol–water partition coefficient (Wildman–Crippen LogP) is 3.73. The van der Waals surface area contributed by atoms with Crippen LogP contribution in [-0.4, -0.2) is 28.6 Å². The lowest BCUT2D eigenvalue weighted by Gasteiger charge is -2.10. The van der Waals surface area contributed by atoms with Crippen LogP contribution >= 0.6 is 0 Å². The van der Waals surface area contributed by atoms with Crippen LogP contribution in [0, 0.1) is 5.82 Å². The summed E-state index contributed by atoms with van der Waals surface area (Å²) < 4.78 is 50.7. The number of hydrogen-bond donors (Lipinski definition) is 1. The maximum absolute atomic E-state index is 14.1. The third kappa shape index (κ3) is 3.73. The van der Waals surface area contributed by atoms with Gasteiger partial charge in [-0.1, -0.05) is 18.2 Å². The van der Waals surface area contributed by atoms with Gasteiger partial charge in [0.2, 0.25) is 0 Å². The molecule has 3 rings (SSSR count). The van der Waals surface area contributed by atoms with Crippen LogP contribution in [0.4, 0.5) is 17.6 Å². The smallest absolute Gasteiger partial charge is 0.342 e. The molecule has 0 aliphatic carbocycles. The number of carbonyl (C=O) groups is 1. The van der Waals surface area contributed by atoms with E-state index in [4.69, 9.17) is 0 Å². The van der Waals surface area contributed by atoms with Crippen molar-refractivity contribution in [2.45, 2.75) is 6.18 Å². The van der Waals surface area contributed by atoms with E-state index < -0.39 is 24.4 Å². The minimum atomic E-state index is -4.52. The van der Waals surface area contributed by atoms with Gasteiger partial charge < -0.3 is 5.32 Å². The van der Waals surface area contributed by atoms with Crippen molar-refractivity contribution in [3.05, 3.63) is 60.3 Å². The molecule has 128 valence electrons. The van der Waals surface area contributed by atoms with Crippen molar-refractivity contribution in [2.75, 3.05) is 6.54 Å². The largest absolute Gasteiger partial charge is 0.405 e. The molecule has 25 heavy (non-hydrogen) atoms. The summed E-state index contributed by atoms with van der Waals surface area (Å²) >= 11 is 0. The second-order valence-corrected chi connectivity index (χ2v) is 5.23. The van der Waals surface area contributed by atoms with E-state index in [1.165, 1.54) is 42.7 Å². The fourth-order valence-electron chi connectivity index (χ4n) is 2.32. The molecule has 0 aliphatic heterocycles. The highest BCUT2D eigenvalue weighted by molar-refractivity contribution is 5.98. The molecule has 0 fully saturated rings. The normalized spacial score (nSPS) is 11.5. The van der Waals surface area contributed by atoms with Crippen LogP contribution in [-0.2, 0) is 0 Å². The Hall–Kier alpha value is -3.03. The van der Waals surface area contributed by atoms with E-state index in [0.717, 1.165) is 0 Å². The molecule has 8 heteroatoms. The summed E-state index contributed by atoms with van der Waals surface area (Å²) in [5.74, 6) is -1.46. The molecular formula is C17H11F4N3O. The zero-order valence-electron chi connectivity index (χ0n) is 12.6. The molecule has 0 bridgehead atoms. The molecule has 0 radical (unpaired) electrons. The molecule has 0 saturated heterocycles. The minimum absolute atomic E-state index is 0.194. The quantitative estimate of drug-likeness (QED) is 0.733. The zero-order chi connectivity index (χ0) is 18.0. The monoisotopic (exact) mass is 349 g/mol. The Morgan fingerprint density at radius 3 is 2.52 bits per heavy atom. The molecule has 0 unspecified atom stereocenters. The van der Waals surface area contributed by atoms with Gasteiger partial charge in [0.15, 0.2) is 0 Å². The lowest BCUT2D eigenvalue weighted by atomic mass is 10.0. The summed E-state index contributed by atoms with van der Waals surface area (Å²) in [6.07, 6.45) is -1.65. The van der Waals surface area contributed by atoms with Crippen LogP contribution in [0.5, 0.6) is 0 Å². The van der Waals surface area contributed by atoms with Crippen molar-refractivity contribution in [3.63, 3.8) is 0 Å². The number of carbonyl (C=O) groups excluding carboxylic acids is 1. The van der Waals surface area contributed by atoms with Crippen molar-refractivity contribution in [3.8, 4) is 11.1 Å². The maximum Gasteiger partial charge on any atom is 0.405 e. The summed E-state index contributed by atoms with van der Waals surface area (Å²) in [4.78, 5) is 20.0. The Bertz CT molecular complexity index is 941. The summed E-state index contributed by atoms with van der Waals surface area (Å²) in [5, 5.41) is 2.29. The van der Waals surface area contributed by atoms with Crippen molar-refractivity contribution in [1.29, 1.82) is 0 Å². The van der Waals surface area contributed by atoms with Gasteiger partial charge in [0.05, 0.1) is 5.52 Å². The minimum Gasteiger partial charge on any atom is -0.342 e. The molecule has 1 amide bonds. The lowest BCUT2D eigenvalue weighted by Crippen LogP contribution is -2.34. The molecule has 2 aromatic heterocycles. The molecule has 4 nitrogen and oxygen atoms in total. The van der Waals surface area contributed by atoms with Crippen molar-refractivity contribution in [2.24, 2.45) is 0 Å². The zero-order valence-corrected chi connectivity index (χ0v) is 12.6. The number of hydrogen-bond acceptors (Lipinski definition) is 3. The number of amides is 1. The first-order valence-electron chi connectivity index (χ1n) is 7.20. The number of pyridine rings is 2. The third-order valence-electron chi connectivity index (χ3n) is 3.44. The predicted molar refractivity (Wildman–Crippen MR) is 83.3 cm³/mol. The molecule has 0 aliphatic rings. The molecule has 1 aromatic carbocycles. The van der Waals surface area contributed by atoms with E-state index >= 15 is 0 Å². The Kier molecular flexibility index (Phi) is 4.35. The fraction of sp³-hybridized carbons (Fsp3) is 0.118. The van der Waals surface area contributed by atoms with Crippen molar-refractivity contribution in [1.82, 2.24) is 15.3 Å². The second kappa shape index (κ2) is 6.46. The van der Waals surface area contributed by atoms with Crippen LogP contribution in [0.1, 0.15) is 10.5 Å². The number of alkyl halides is 3. The van der Waals surface area contributed by atoms with Crippen LogP contribution < -0.4 is 5.32 Å². The summed E-state index contributed by atoms with van der Waals surface area (Å²) in [6, 6.07) is 8.76. The summed E-state index contributed by atoms with van der Waals surface area (Å²) in [5.41, 5.74) is 0.669. The third-order valence-corrected chi connectivity index (χ3v) is 3.44. The van der Waals surface area contributed by atoms with E-state index in [1.54, 1.807) is 11.4 Å². The molecule has 0 spiro atoms. The lowest BCUT2D eigenvalue weighted by molar-refractivity contribution is -0.123. The number of aromatic nitrogens is 2. The average molecular weight is 349 g/mol. The van der Waals surface area contributed by atoms with Gasteiger partial charge >= 0.3 is 6.18 Å². The first kappa shape index (κ1) is 16.8. The van der Waals surface area contributed by atoms with Gasteiger partial charge in [-0.2, -0.15) is 13.2 Å². The Morgan fingerprint density at radius 2 is 1.80 bits per heavy atom. The van der Waals surface area contributed by atoms with Gasteiger partial charge in [0.1, 0.15) is 18.1 Å². The van der Waals surface area contributed by atoms with Gasteiger partial charge in [0, 0.05) is 28.9 Å². The number of rotatable bonds is 3. The van der Waals surface area contributed by atoms with E-state index in [-0.39, 0.29) is 16.8 Å². The highest BCUT2D eigenvalue weighted by atomic mass is 19.4. The summed E-state index contributed by atoms with van der Waals surface area (Å²) in [7, 11) is 0. The standard InChI is InChI=1S/C17H11F4N3O/c18-13-4-2-1-3-11(13)12-8-22-7-10-5-6-14(24-15(10)12)16(25)23-9-17(19,20)21/h1-8H,9H2,(H,23,25). The first-order valence-corrected chi connectivity index (χ1v) is 7.20. The van der Waals surface area contributed by atoms with Gasteiger partial charge in [0.25, 0.3) is 5.91 Å². The molecule has 0 saturated carbocycles. The topological polar surface area (TPSA) is 54.9 Å². The van der Waals surface area contributed by atoms with E-state index in [9.17, 15) is 22.4 Å². The number of nitrogens with one attached hydrogen (secondary N) is 1. The number of benzene rings is 1. The van der Waals surface area contributed by atoms with Gasteiger partial charge in [-0.05, 0) is 18.2 Å². The number of nitrogens with zero attached hydrogens (tertiary/aromatic N) is 2. The molecule has 3 aromatic rings. The summed E-state index contributed by atoms with van der Waals surface area (Å²) in [6.45, 7) is -1.46. The molecule has 0 atom stereocenters. The highest BCUT2D eigenvalue weighted by Gasteiger charge is 2.28. The van der Waals surface area contributed by atoms with E-state index in [2.05, 4.69) is 9.97 Å². The first-order chi connectivity index (χ1) is 11.8. The highest BCUT2D eigenvalue weighted by Crippen LogP contribution is 2.28. The second-order valence-electron chi connectivity index (χ2n) is 5.23. The molecular weight excluding hydrogens is 338 g/mol. The van der Waals surface area contributed by atoms with Gasteiger partial charge in [-0.15, -0.1) is 0 Å². The van der Waals surface area contributed by atoms with Crippen molar-refractivity contribution >= 4 is 16.8 Å². The molecule has 2 heterocycles. The maximum atomic E-state index is 14.1. The van der Waals surface area contributed by atoms with Crippen LogP contribution in [0.15, 0.2) is 48.8 Å². The molecule has 1 N–H and O–H groups in total. The van der Waals surface area contributed by atoms with E-state index in [1.807, 2.05) is 0 Å². The number of halogens is 4. The van der Waals surface area contributed by atoms with Crippen LogP contribution in [0.25, 0.3) is 22.0 Å². The average Bonchev–Trinajstić information content (AvgIpc) is 2.58. The Balaban J connectivity index is 2.04. The number of fused-ring (bicyclic) bond motifs is 1.